The number of ether oxygens (including phenoxy) is 2. The van der Waals surface area contributed by atoms with Crippen LogP contribution in [0, 0.1) is 11.3 Å². The van der Waals surface area contributed by atoms with Crippen molar-refractivity contribution in [2.45, 2.75) is 53.0 Å². The first-order chi connectivity index (χ1) is 15.3. The topological polar surface area (TPSA) is 82.5 Å². The molecule has 3 heterocycles. The third kappa shape index (κ3) is 3.88. The van der Waals surface area contributed by atoms with Crippen molar-refractivity contribution >= 4 is 33.1 Å². The molecule has 2 aromatic heterocycles. The molecule has 1 N–H and O–H groups in total. The molecule has 1 aliphatic carbocycles. The summed E-state index contributed by atoms with van der Waals surface area (Å²) in [6.45, 7) is 7.34. The van der Waals surface area contributed by atoms with E-state index in [2.05, 4.69) is 31.1 Å². The molecule has 7 nitrogen and oxygen atoms in total. The molecular formula is C24H27N3O4S. The van der Waals surface area contributed by atoms with Crippen LogP contribution in [-0.4, -0.2) is 22.3 Å². The summed E-state index contributed by atoms with van der Waals surface area (Å²) in [6.07, 6.45) is 4.77. The minimum Gasteiger partial charge on any atom is -0.454 e. The van der Waals surface area contributed by atoms with Gasteiger partial charge in [-0.3, -0.25) is 14.2 Å². The highest BCUT2D eigenvalue weighted by Crippen LogP contribution is 2.42. The highest BCUT2D eigenvalue weighted by molar-refractivity contribution is 7.18. The number of carbonyl (C=O) groups excluding carboxylic acids is 1. The second-order valence-corrected chi connectivity index (χ2v) is 10.7. The van der Waals surface area contributed by atoms with Gasteiger partial charge in [-0.05, 0) is 48.3 Å². The summed E-state index contributed by atoms with van der Waals surface area (Å²) in [6, 6.07) is 5.28. The first kappa shape index (κ1) is 21.0. The van der Waals surface area contributed by atoms with E-state index in [0.717, 1.165) is 29.5 Å². The van der Waals surface area contributed by atoms with Gasteiger partial charge in [0.25, 0.3) is 5.56 Å². The number of amides is 1. The Balaban J connectivity index is 1.30. The van der Waals surface area contributed by atoms with Crippen LogP contribution in [0.5, 0.6) is 11.5 Å². The molecule has 1 atom stereocenters. The lowest BCUT2D eigenvalue weighted by molar-refractivity contribution is -0.116. The quantitative estimate of drug-likeness (QED) is 0.634. The number of rotatable bonds is 4. The first-order valence-electron chi connectivity index (χ1n) is 11.0. The van der Waals surface area contributed by atoms with E-state index in [1.165, 1.54) is 10.4 Å². The third-order valence-electron chi connectivity index (χ3n) is 6.50. The zero-order chi connectivity index (χ0) is 22.5. The van der Waals surface area contributed by atoms with Crippen molar-refractivity contribution in [1.29, 1.82) is 0 Å². The largest absolute Gasteiger partial charge is 0.454 e. The van der Waals surface area contributed by atoms with Crippen molar-refractivity contribution < 1.29 is 14.3 Å². The van der Waals surface area contributed by atoms with E-state index in [0.29, 0.717) is 23.1 Å². The summed E-state index contributed by atoms with van der Waals surface area (Å²) in [5.74, 6) is 1.73. The summed E-state index contributed by atoms with van der Waals surface area (Å²) < 4.78 is 12.2. The third-order valence-corrected chi connectivity index (χ3v) is 7.66. The molecule has 0 fully saturated rings. The lowest BCUT2D eigenvalue weighted by Crippen LogP contribution is -2.27. The molecule has 32 heavy (non-hydrogen) atoms. The Morgan fingerprint density at radius 1 is 1.28 bits per heavy atom. The van der Waals surface area contributed by atoms with Crippen LogP contribution < -0.4 is 20.3 Å². The van der Waals surface area contributed by atoms with Gasteiger partial charge in [-0.25, -0.2) is 4.98 Å². The average Bonchev–Trinajstić information content (AvgIpc) is 3.36. The van der Waals surface area contributed by atoms with Gasteiger partial charge in [-0.1, -0.05) is 20.8 Å². The second kappa shape index (κ2) is 7.92. The number of nitrogens with zero attached hydrogens (tertiary/aromatic N) is 2. The normalized spacial score (nSPS) is 17.4. The molecule has 1 unspecified atom stereocenters. The van der Waals surface area contributed by atoms with Crippen LogP contribution in [0.25, 0.3) is 10.2 Å². The summed E-state index contributed by atoms with van der Waals surface area (Å²) in [7, 11) is 0. The minimum absolute atomic E-state index is 0.0439. The number of fused-ring (bicyclic) bond motifs is 4. The van der Waals surface area contributed by atoms with Crippen LogP contribution in [0.4, 0.5) is 5.69 Å². The SMILES string of the molecule is CC(C)(C)C1CCc2c(sc3ncn(CCC(=O)Nc4ccc5c(c4)OCO5)c(=O)c23)C1. The van der Waals surface area contributed by atoms with Crippen molar-refractivity contribution in [2.75, 3.05) is 12.1 Å². The molecule has 3 aromatic rings. The van der Waals surface area contributed by atoms with Crippen LogP contribution in [0.3, 0.4) is 0 Å². The monoisotopic (exact) mass is 453 g/mol. The van der Waals surface area contributed by atoms with E-state index in [4.69, 9.17) is 9.47 Å². The van der Waals surface area contributed by atoms with Gasteiger partial charge in [0.2, 0.25) is 12.7 Å². The number of aryl methyl sites for hydroxylation is 2. The maximum absolute atomic E-state index is 13.2. The van der Waals surface area contributed by atoms with Gasteiger partial charge in [-0.2, -0.15) is 0 Å². The van der Waals surface area contributed by atoms with Crippen LogP contribution in [0.2, 0.25) is 0 Å². The number of carbonyl (C=O) groups is 1. The Morgan fingerprint density at radius 3 is 2.91 bits per heavy atom. The Kier molecular flexibility index (Phi) is 5.20. The molecule has 0 bridgehead atoms. The molecule has 1 aromatic carbocycles. The fourth-order valence-corrected chi connectivity index (χ4v) is 5.78. The number of thiophene rings is 1. The summed E-state index contributed by atoms with van der Waals surface area (Å²) in [5, 5.41) is 3.60. The van der Waals surface area contributed by atoms with Crippen LogP contribution >= 0.6 is 11.3 Å². The zero-order valence-corrected chi connectivity index (χ0v) is 19.4. The van der Waals surface area contributed by atoms with E-state index < -0.39 is 0 Å². The van der Waals surface area contributed by atoms with E-state index in [-0.39, 0.29) is 36.6 Å². The van der Waals surface area contributed by atoms with Gasteiger partial charge in [0.05, 0.1) is 11.7 Å². The molecular weight excluding hydrogens is 426 g/mol. The first-order valence-corrected chi connectivity index (χ1v) is 11.8. The van der Waals surface area contributed by atoms with Crippen molar-refractivity contribution in [3.05, 3.63) is 45.3 Å². The predicted octanol–water partition coefficient (Wildman–Crippen LogP) is 4.37. The van der Waals surface area contributed by atoms with Gasteiger partial charge >= 0.3 is 0 Å². The Hall–Kier alpha value is -2.87. The van der Waals surface area contributed by atoms with Gasteiger partial charge < -0.3 is 14.8 Å². The Morgan fingerprint density at radius 2 is 2.09 bits per heavy atom. The molecule has 1 aliphatic heterocycles. The van der Waals surface area contributed by atoms with Crippen molar-refractivity contribution in [3.63, 3.8) is 0 Å². The molecule has 8 heteroatoms. The van der Waals surface area contributed by atoms with Crippen molar-refractivity contribution in [3.8, 4) is 11.5 Å². The number of hydrogen-bond donors (Lipinski definition) is 1. The summed E-state index contributed by atoms with van der Waals surface area (Å²) >= 11 is 1.65. The molecule has 0 radical (unpaired) electrons. The van der Waals surface area contributed by atoms with E-state index >= 15 is 0 Å². The summed E-state index contributed by atoms with van der Waals surface area (Å²) in [5.41, 5.74) is 2.02. The van der Waals surface area contributed by atoms with Gasteiger partial charge in [0.1, 0.15) is 4.83 Å². The molecule has 0 spiro atoms. The molecule has 0 saturated heterocycles. The van der Waals surface area contributed by atoms with Crippen LogP contribution in [0.15, 0.2) is 29.3 Å². The lowest BCUT2D eigenvalue weighted by atomic mass is 9.72. The number of benzene rings is 1. The standard InChI is InChI=1S/C24H27N3O4S/c1-24(2,3)14-4-6-16-19(10-14)32-22-21(16)23(29)27(12-25-22)9-8-20(28)26-15-5-7-17-18(11-15)31-13-30-17/h5,7,11-12,14H,4,6,8-10,13H2,1-3H3,(H,26,28). The smallest absolute Gasteiger partial charge is 0.262 e. The number of aromatic nitrogens is 2. The second-order valence-electron chi connectivity index (χ2n) is 9.60. The number of hydrogen-bond acceptors (Lipinski definition) is 6. The van der Waals surface area contributed by atoms with Gasteiger partial charge in [-0.15, -0.1) is 11.3 Å². The van der Waals surface area contributed by atoms with E-state index in [1.807, 2.05) is 0 Å². The fourth-order valence-electron chi connectivity index (χ4n) is 4.52. The van der Waals surface area contributed by atoms with Crippen molar-refractivity contribution in [1.82, 2.24) is 9.55 Å². The maximum atomic E-state index is 13.2. The van der Waals surface area contributed by atoms with Gasteiger partial charge in [0.15, 0.2) is 11.5 Å². The molecule has 1 amide bonds. The van der Waals surface area contributed by atoms with E-state index in [9.17, 15) is 9.59 Å². The number of anilines is 1. The van der Waals surface area contributed by atoms with Crippen molar-refractivity contribution in [2.24, 2.45) is 11.3 Å². The molecule has 0 saturated carbocycles. The highest BCUT2D eigenvalue weighted by atomic mass is 32.1. The van der Waals surface area contributed by atoms with Gasteiger partial charge in [0, 0.05) is 29.6 Å². The van der Waals surface area contributed by atoms with Crippen LogP contribution in [0.1, 0.15) is 44.1 Å². The zero-order valence-electron chi connectivity index (χ0n) is 18.6. The molecule has 5 rings (SSSR count). The maximum Gasteiger partial charge on any atom is 0.262 e. The molecule has 2 aliphatic rings. The van der Waals surface area contributed by atoms with E-state index in [1.54, 1.807) is 40.4 Å². The minimum atomic E-state index is -0.170. The lowest BCUT2D eigenvalue weighted by Gasteiger charge is -2.33. The van der Waals surface area contributed by atoms with Crippen LogP contribution in [-0.2, 0) is 24.2 Å². The molecule has 168 valence electrons. The average molecular weight is 454 g/mol. The Labute approximate surface area is 190 Å². The summed E-state index contributed by atoms with van der Waals surface area (Å²) in [4.78, 5) is 32.3. The highest BCUT2D eigenvalue weighted by Gasteiger charge is 2.31. The Bertz CT molecular complexity index is 1250. The number of nitrogens with one attached hydrogen (secondary N) is 1. The predicted molar refractivity (Wildman–Crippen MR) is 125 cm³/mol. The fraction of sp³-hybridized carbons (Fsp3) is 0.458.